The third-order valence-electron chi connectivity index (χ3n) is 5.33. The second-order valence-electron chi connectivity index (χ2n) is 6.47. The van der Waals surface area contributed by atoms with Crippen LogP contribution in [0.25, 0.3) is 0 Å². The smallest absolute Gasteiger partial charge is 0.316 e. The van der Waals surface area contributed by atoms with Gasteiger partial charge in [-0.3, -0.25) is 4.79 Å². The molecular formula is C16H24O2. The van der Waals surface area contributed by atoms with E-state index in [-0.39, 0.29) is 17.5 Å². The maximum atomic E-state index is 12.4. The van der Waals surface area contributed by atoms with Crippen LogP contribution in [0.15, 0.2) is 12.2 Å². The summed E-state index contributed by atoms with van der Waals surface area (Å²) in [5, 5.41) is 0. The van der Waals surface area contributed by atoms with Crippen LogP contribution in [0, 0.1) is 17.3 Å². The Hall–Kier alpha value is -0.790. The Bertz CT molecular complexity index is 352. The highest BCUT2D eigenvalue weighted by atomic mass is 16.5. The fraction of sp³-hybridized carbons (Fsp3) is 0.812. The van der Waals surface area contributed by atoms with Gasteiger partial charge in [0.15, 0.2) is 0 Å². The predicted octanol–water partition coefficient (Wildman–Crippen LogP) is 3.85. The summed E-state index contributed by atoms with van der Waals surface area (Å²) in [4.78, 5) is 12.4. The van der Waals surface area contributed by atoms with E-state index in [2.05, 4.69) is 19.1 Å². The number of carbonyl (C=O) groups is 1. The highest BCUT2D eigenvalue weighted by Crippen LogP contribution is 2.50. The minimum Gasteiger partial charge on any atom is -0.462 e. The summed E-state index contributed by atoms with van der Waals surface area (Å²) in [7, 11) is 0. The molecule has 2 nitrogen and oxygen atoms in total. The largest absolute Gasteiger partial charge is 0.462 e. The van der Waals surface area contributed by atoms with Crippen LogP contribution in [0.1, 0.15) is 58.3 Å². The average Bonchev–Trinajstić information content (AvgIpc) is 3.01. The van der Waals surface area contributed by atoms with Gasteiger partial charge in [-0.15, -0.1) is 0 Å². The first-order chi connectivity index (χ1) is 8.72. The topological polar surface area (TPSA) is 26.3 Å². The summed E-state index contributed by atoms with van der Waals surface area (Å²) in [5.74, 6) is 1.58. The second-order valence-corrected chi connectivity index (χ2v) is 6.47. The van der Waals surface area contributed by atoms with Gasteiger partial charge in [0.2, 0.25) is 0 Å². The first-order valence-electron chi connectivity index (χ1n) is 7.62. The maximum absolute atomic E-state index is 12.4. The molecule has 2 unspecified atom stereocenters. The van der Waals surface area contributed by atoms with Crippen molar-refractivity contribution in [2.75, 3.05) is 0 Å². The first kappa shape index (κ1) is 12.3. The molecule has 2 fully saturated rings. The summed E-state index contributed by atoms with van der Waals surface area (Å²) in [6, 6.07) is 0. The fourth-order valence-electron chi connectivity index (χ4n) is 3.93. The molecule has 2 atom stereocenters. The minimum absolute atomic E-state index is 0.0682. The number of rotatable bonds is 3. The molecule has 3 aliphatic carbocycles. The molecule has 0 spiro atoms. The molecule has 2 heteroatoms. The highest BCUT2D eigenvalue weighted by molar-refractivity contribution is 5.80. The molecule has 100 valence electrons. The van der Waals surface area contributed by atoms with E-state index < -0.39 is 0 Å². The fourth-order valence-corrected chi connectivity index (χ4v) is 3.93. The molecule has 0 aliphatic heterocycles. The number of ether oxygens (including phenoxy) is 1. The van der Waals surface area contributed by atoms with Gasteiger partial charge >= 0.3 is 5.97 Å². The van der Waals surface area contributed by atoms with E-state index in [0.717, 1.165) is 31.6 Å². The lowest BCUT2D eigenvalue weighted by atomic mass is 9.85. The van der Waals surface area contributed by atoms with Gasteiger partial charge in [0, 0.05) is 0 Å². The van der Waals surface area contributed by atoms with Crippen LogP contribution in [0.3, 0.4) is 0 Å². The minimum atomic E-state index is -0.230. The van der Waals surface area contributed by atoms with Crippen LogP contribution in [-0.4, -0.2) is 12.1 Å². The molecular weight excluding hydrogens is 224 g/mol. The third kappa shape index (κ3) is 2.10. The normalized spacial score (nSPS) is 42.2. The van der Waals surface area contributed by atoms with E-state index in [1.807, 2.05) is 0 Å². The van der Waals surface area contributed by atoms with Crippen molar-refractivity contribution in [1.29, 1.82) is 0 Å². The van der Waals surface area contributed by atoms with Gasteiger partial charge < -0.3 is 4.74 Å². The summed E-state index contributed by atoms with van der Waals surface area (Å²) in [6.45, 7) is 2.26. The van der Waals surface area contributed by atoms with E-state index in [0.29, 0.717) is 5.92 Å². The lowest BCUT2D eigenvalue weighted by molar-refractivity contribution is -0.160. The van der Waals surface area contributed by atoms with E-state index in [9.17, 15) is 4.79 Å². The standard InChI is InChI=1S/C16H24O2/c1-2-12-3-5-14(6-4-12)18-15(17)16-9-7-13(11-16)8-10-16/h7,9,12-14H,2-6,8,10-11H2,1H3. The van der Waals surface area contributed by atoms with E-state index in [1.54, 1.807) is 0 Å². The van der Waals surface area contributed by atoms with Crippen molar-refractivity contribution >= 4 is 5.97 Å². The van der Waals surface area contributed by atoms with Gasteiger partial charge in [-0.2, -0.15) is 0 Å². The number of hydrogen-bond acceptors (Lipinski definition) is 2. The van der Waals surface area contributed by atoms with Crippen molar-refractivity contribution in [3.8, 4) is 0 Å². The molecule has 2 saturated carbocycles. The lowest BCUT2D eigenvalue weighted by Gasteiger charge is -2.30. The van der Waals surface area contributed by atoms with Crippen LogP contribution in [-0.2, 0) is 9.53 Å². The highest BCUT2D eigenvalue weighted by Gasteiger charge is 2.48. The molecule has 0 aromatic carbocycles. The van der Waals surface area contributed by atoms with Crippen molar-refractivity contribution in [2.45, 2.75) is 64.4 Å². The molecule has 0 aromatic rings. The first-order valence-corrected chi connectivity index (χ1v) is 7.62. The van der Waals surface area contributed by atoms with Gasteiger partial charge in [0.25, 0.3) is 0 Å². The van der Waals surface area contributed by atoms with E-state index >= 15 is 0 Å². The molecule has 3 rings (SSSR count). The molecule has 0 saturated heterocycles. The van der Waals surface area contributed by atoms with Crippen LogP contribution in [0.5, 0.6) is 0 Å². The number of carbonyl (C=O) groups excluding carboxylic acids is 1. The Balaban J connectivity index is 1.54. The summed E-state index contributed by atoms with van der Waals surface area (Å²) < 4.78 is 5.80. The predicted molar refractivity (Wildman–Crippen MR) is 71.0 cm³/mol. The van der Waals surface area contributed by atoms with Crippen LogP contribution in [0.2, 0.25) is 0 Å². The number of allylic oxidation sites excluding steroid dienone is 1. The Morgan fingerprint density at radius 2 is 2.06 bits per heavy atom. The summed E-state index contributed by atoms with van der Waals surface area (Å²) >= 11 is 0. The summed E-state index contributed by atoms with van der Waals surface area (Å²) in [6.07, 6.45) is 13.6. The monoisotopic (exact) mass is 248 g/mol. The molecule has 18 heavy (non-hydrogen) atoms. The molecule has 3 aliphatic rings. The van der Waals surface area contributed by atoms with Crippen molar-refractivity contribution in [3.63, 3.8) is 0 Å². The zero-order chi connectivity index (χ0) is 12.6. The zero-order valence-corrected chi connectivity index (χ0v) is 11.4. The Labute approximate surface area is 110 Å². The number of esters is 1. The van der Waals surface area contributed by atoms with Gasteiger partial charge in [0.1, 0.15) is 6.10 Å². The third-order valence-corrected chi connectivity index (χ3v) is 5.33. The molecule has 0 aromatic heterocycles. The van der Waals surface area contributed by atoms with Gasteiger partial charge in [-0.25, -0.2) is 0 Å². The van der Waals surface area contributed by atoms with Gasteiger partial charge in [-0.1, -0.05) is 25.5 Å². The quantitative estimate of drug-likeness (QED) is 0.560. The second kappa shape index (κ2) is 4.71. The molecule has 0 heterocycles. The van der Waals surface area contributed by atoms with Gasteiger partial charge in [-0.05, 0) is 56.8 Å². The molecule has 0 radical (unpaired) electrons. The van der Waals surface area contributed by atoms with E-state index in [4.69, 9.17) is 4.74 Å². The molecule has 0 amide bonds. The SMILES string of the molecule is CCC1CCC(OC(=O)C23C=CC(CC2)C3)CC1. The van der Waals surface area contributed by atoms with Crippen molar-refractivity contribution in [3.05, 3.63) is 12.2 Å². The van der Waals surface area contributed by atoms with Crippen molar-refractivity contribution in [1.82, 2.24) is 0 Å². The van der Waals surface area contributed by atoms with Crippen LogP contribution >= 0.6 is 0 Å². The molecule has 0 N–H and O–H groups in total. The molecule has 2 bridgehead atoms. The maximum Gasteiger partial charge on any atom is 0.316 e. The van der Waals surface area contributed by atoms with Crippen LogP contribution in [0.4, 0.5) is 0 Å². The average molecular weight is 248 g/mol. The number of hydrogen-bond donors (Lipinski definition) is 0. The van der Waals surface area contributed by atoms with Gasteiger partial charge in [0.05, 0.1) is 5.41 Å². The summed E-state index contributed by atoms with van der Waals surface area (Å²) in [5.41, 5.74) is -0.230. The van der Waals surface area contributed by atoms with Crippen LogP contribution < -0.4 is 0 Å². The van der Waals surface area contributed by atoms with Crippen molar-refractivity contribution < 1.29 is 9.53 Å². The Kier molecular flexibility index (Phi) is 3.21. The Morgan fingerprint density at radius 1 is 1.28 bits per heavy atom. The van der Waals surface area contributed by atoms with E-state index in [1.165, 1.54) is 25.7 Å². The Morgan fingerprint density at radius 3 is 2.56 bits per heavy atom. The number of fused-ring (bicyclic) bond motifs is 2. The van der Waals surface area contributed by atoms with Crippen molar-refractivity contribution in [2.24, 2.45) is 17.3 Å². The zero-order valence-electron chi connectivity index (χ0n) is 11.4. The lowest BCUT2D eigenvalue weighted by Crippen LogP contribution is -2.33.